The van der Waals surface area contributed by atoms with E-state index in [4.69, 9.17) is 4.74 Å². The lowest BCUT2D eigenvalue weighted by Gasteiger charge is -2.21. The molecule has 0 saturated heterocycles. The van der Waals surface area contributed by atoms with Gasteiger partial charge >= 0.3 is 5.97 Å². The summed E-state index contributed by atoms with van der Waals surface area (Å²) in [4.78, 5) is 26.1. The Bertz CT molecular complexity index is 740. The second-order valence-corrected chi connectivity index (χ2v) is 5.66. The molecule has 0 heterocycles. The van der Waals surface area contributed by atoms with Gasteiger partial charge in [-0.15, -0.1) is 0 Å². The van der Waals surface area contributed by atoms with Crippen LogP contribution in [0.15, 0.2) is 48.5 Å². The van der Waals surface area contributed by atoms with E-state index in [1.807, 2.05) is 24.3 Å². The predicted molar refractivity (Wildman–Crippen MR) is 105 cm³/mol. The highest BCUT2D eigenvalue weighted by molar-refractivity contribution is 5.98. The van der Waals surface area contributed by atoms with Gasteiger partial charge in [0.25, 0.3) is 0 Å². The van der Waals surface area contributed by atoms with Gasteiger partial charge < -0.3 is 20.3 Å². The molecule has 0 saturated carbocycles. The number of methoxy groups -OCH3 is 1. The van der Waals surface area contributed by atoms with Gasteiger partial charge in [0.1, 0.15) is 0 Å². The maximum Gasteiger partial charge on any atom is 0.339 e. The molecule has 0 spiro atoms. The van der Waals surface area contributed by atoms with E-state index in [1.165, 1.54) is 7.11 Å². The number of rotatable bonds is 8. The van der Waals surface area contributed by atoms with Crippen molar-refractivity contribution >= 4 is 28.9 Å². The number of anilines is 3. The molecule has 0 aliphatic rings. The number of amides is 1. The van der Waals surface area contributed by atoms with Crippen LogP contribution in [0.3, 0.4) is 0 Å². The zero-order valence-electron chi connectivity index (χ0n) is 15.4. The fourth-order valence-corrected chi connectivity index (χ4v) is 2.65. The summed E-state index contributed by atoms with van der Waals surface area (Å²) in [5, 5.41) is 5.82. The molecule has 1 amide bonds. The van der Waals surface area contributed by atoms with Crippen molar-refractivity contribution in [2.24, 2.45) is 0 Å². The summed E-state index contributed by atoms with van der Waals surface area (Å²) in [6.45, 7) is 6.14. The summed E-state index contributed by atoms with van der Waals surface area (Å²) in [5.74, 6) is -0.638. The quantitative estimate of drug-likeness (QED) is 0.711. The summed E-state index contributed by atoms with van der Waals surface area (Å²) in [6, 6.07) is 14.7. The van der Waals surface area contributed by atoms with Crippen LogP contribution < -0.4 is 15.5 Å². The van der Waals surface area contributed by atoms with Crippen molar-refractivity contribution in [1.82, 2.24) is 0 Å². The summed E-state index contributed by atoms with van der Waals surface area (Å²) in [7, 11) is 1.33. The highest BCUT2D eigenvalue weighted by atomic mass is 16.5. The maximum absolute atomic E-state index is 12.2. The Kier molecular flexibility index (Phi) is 7.02. The molecule has 6 nitrogen and oxygen atoms in total. The Hall–Kier alpha value is -3.02. The number of hydrogen-bond donors (Lipinski definition) is 2. The largest absolute Gasteiger partial charge is 0.465 e. The molecular weight excluding hydrogens is 330 g/mol. The fourth-order valence-electron chi connectivity index (χ4n) is 2.65. The van der Waals surface area contributed by atoms with Crippen molar-refractivity contribution in [2.75, 3.05) is 42.3 Å². The monoisotopic (exact) mass is 355 g/mol. The normalized spacial score (nSPS) is 10.1. The Balaban J connectivity index is 1.94. The number of benzene rings is 2. The number of para-hydroxylation sites is 1. The molecule has 0 radical (unpaired) electrons. The van der Waals surface area contributed by atoms with Crippen LogP contribution in [-0.2, 0) is 9.53 Å². The maximum atomic E-state index is 12.2. The first-order valence-electron chi connectivity index (χ1n) is 8.65. The molecular formula is C20H25N3O3. The molecule has 2 N–H and O–H groups in total. The van der Waals surface area contributed by atoms with Gasteiger partial charge in [-0.05, 0) is 50.2 Å². The van der Waals surface area contributed by atoms with Gasteiger partial charge in [0.2, 0.25) is 5.91 Å². The third kappa shape index (κ3) is 4.99. The summed E-state index contributed by atoms with van der Waals surface area (Å²) < 4.78 is 4.74. The number of esters is 1. The van der Waals surface area contributed by atoms with E-state index in [9.17, 15) is 9.59 Å². The lowest BCUT2D eigenvalue weighted by Crippen LogP contribution is -2.23. The van der Waals surface area contributed by atoms with Crippen LogP contribution in [0.1, 0.15) is 24.2 Å². The lowest BCUT2D eigenvalue weighted by atomic mass is 10.2. The van der Waals surface area contributed by atoms with E-state index in [0.717, 1.165) is 24.5 Å². The number of ether oxygens (including phenoxy) is 1. The van der Waals surface area contributed by atoms with E-state index < -0.39 is 5.97 Å². The fraction of sp³-hybridized carbons (Fsp3) is 0.300. The van der Waals surface area contributed by atoms with E-state index in [0.29, 0.717) is 11.3 Å². The number of hydrogen-bond acceptors (Lipinski definition) is 5. The summed E-state index contributed by atoms with van der Waals surface area (Å²) in [6.07, 6.45) is 0. The first-order valence-corrected chi connectivity index (χ1v) is 8.65. The van der Waals surface area contributed by atoms with Gasteiger partial charge in [-0.3, -0.25) is 4.79 Å². The topological polar surface area (TPSA) is 70.7 Å². The minimum absolute atomic E-state index is 0.0474. The third-order valence-electron chi connectivity index (χ3n) is 4.05. The average Bonchev–Trinajstić information content (AvgIpc) is 2.68. The van der Waals surface area contributed by atoms with E-state index in [-0.39, 0.29) is 12.5 Å². The first-order chi connectivity index (χ1) is 12.6. The number of nitrogens with one attached hydrogen (secondary N) is 2. The van der Waals surface area contributed by atoms with Crippen molar-refractivity contribution in [3.8, 4) is 0 Å². The van der Waals surface area contributed by atoms with Crippen molar-refractivity contribution in [3.63, 3.8) is 0 Å². The molecule has 0 aromatic heterocycles. The van der Waals surface area contributed by atoms with Crippen LogP contribution in [0.2, 0.25) is 0 Å². The molecule has 0 aliphatic heterocycles. The predicted octanol–water partition coefficient (Wildman–Crippen LogP) is 3.37. The van der Waals surface area contributed by atoms with Crippen LogP contribution in [0.5, 0.6) is 0 Å². The number of carbonyl (C=O) groups is 2. The smallest absolute Gasteiger partial charge is 0.339 e. The minimum atomic E-state index is -0.444. The first kappa shape index (κ1) is 19.3. The second kappa shape index (κ2) is 9.46. The highest BCUT2D eigenvalue weighted by Crippen LogP contribution is 2.18. The van der Waals surface area contributed by atoms with Gasteiger partial charge in [0.15, 0.2) is 0 Å². The Morgan fingerprint density at radius 2 is 1.65 bits per heavy atom. The minimum Gasteiger partial charge on any atom is -0.465 e. The molecule has 2 rings (SSSR count). The zero-order chi connectivity index (χ0) is 18.9. The van der Waals surface area contributed by atoms with Crippen LogP contribution in [0.25, 0.3) is 0 Å². The van der Waals surface area contributed by atoms with Gasteiger partial charge in [-0.25, -0.2) is 4.79 Å². The third-order valence-corrected chi connectivity index (χ3v) is 4.05. The van der Waals surface area contributed by atoms with E-state index >= 15 is 0 Å². The molecule has 2 aromatic carbocycles. The molecule has 138 valence electrons. The van der Waals surface area contributed by atoms with Crippen molar-refractivity contribution in [1.29, 1.82) is 0 Å². The molecule has 0 aliphatic carbocycles. The molecule has 0 unspecified atom stereocenters. The summed E-state index contributed by atoms with van der Waals surface area (Å²) in [5.41, 5.74) is 2.81. The van der Waals surface area contributed by atoms with Crippen LogP contribution in [0.4, 0.5) is 17.1 Å². The Labute approximate surface area is 154 Å². The van der Waals surface area contributed by atoms with Gasteiger partial charge in [0, 0.05) is 30.2 Å². The van der Waals surface area contributed by atoms with Crippen LogP contribution >= 0.6 is 0 Å². The molecule has 0 atom stereocenters. The van der Waals surface area contributed by atoms with Gasteiger partial charge in [-0.2, -0.15) is 0 Å². The van der Waals surface area contributed by atoms with E-state index in [1.54, 1.807) is 24.3 Å². The molecule has 6 heteroatoms. The standard InChI is InChI=1S/C20H25N3O3/c1-4-23(5-2)16-12-10-15(11-13-16)22-19(24)14-21-18-9-7-6-8-17(18)20(25)26-3/h6-13,21H,4-5,14H2,1-3H3,(H,22,24). The zero-order valence-corrected chi connectivity index (χ0v) is 15.4. The van der Waals surface area contributed by atoms with Crippen molar-refractivity contribution < 1.29 is 14.3 Å². The van der Waals surface area contributed by atoms with Crippen LogP contribution in [0, 0.1) is 0 Å². The molecule has 0 bridgehead atoms. The van der Waals surface area contributed by atoms with Crippen molar-refractivity contribution in [2.45, 2.75) is 13.8 Å². The second-order valence-electron chi connectivity index (χ2n) is 5.66. The number of nitrogens with zero attached hydrogens (tertiary/aromatic N) is 1. The lowest BCUT2D eigenvalue weighted by molar-refractivity contribution is -0.114. The average molecular weight is 355 g/mol. The van der Waals surface area contributed by atoms with Gasteiger partial charge in [0.05, 0.1) is 19.2 Å². The van der Waals surface area contributed by atoms with E-state index in [2.05, 4.69) is 29.4 Å². The Morgan fingerprint density at radius 1 is 1.00 bits per heavy atom. The highest BCUT2D eigenvalue weighted by Gasteiger charge is 2.12. The SMILES string of the molecule is CCN(CC)c1ccc(NC(=O)CNc2ccccc2C(=O)OC)cc1. The summed E-state index contributed by atoms with van der Waals surface area (Å²) >= 11 is 0. The molecule has 0 fully saturated rings. The molecule has 26 heavy (non-hydrogen) atoms. The van der Waals surface area contributed by atoms with Crippen LogP contribution in [-0.4, -0.2) is 38.6 Å². The number of carbonyl (C=O) groups excluding carboxylic acids is 2. The van der Waals surface area contributed by atoms with Gasteiger partial charge in [-0.1, -0.05) is 12.1 Å². The van der Waals surface area contributed by atoms with Crippen molar-refractivity contribution in [3.05, 3.63) is 54.1 Å². The Morgan fingerprint density at radius 3 is 2.27 bits per heavy atom. The molecule has 2 aromatic rings.